The Balaban J connectivity index is 2.68. The minimum absolute atomic E-state index is 0.610. The lowest BCUT2D eigenvalue weighted by atomic mass is 10.2. The number of amides is 1. The Morgan fingerprint density at radius 2 is 1.93 bits per heavy atom. The van der Waals surface area contributed by atoms with Gasteiger partial charge in [0.25, 0.3) is 0 Å². The fourth-order valence-corrected chi connectivity index (χ4v) is 0.870. The van der Waals surface area contributed by atoms with Crippen LogP contribution in [0.15, 0.2) is 29.3 Å². The van der Waals surface area contributed by atoms with E-state index in [0.717, 1.165) is 11.3 Å². The molecule has 0 aliphatic carbocycles. The van der Waals surface area contributed by atoms with Crippen molar-refractivity contribution in [3.63, 3.8) is 0 Å². The molecule has 1 aromatic rings. The van der Waals surface area contributed by atoms with Crippen molar-refractivity contribution >= 4 is 12.3 Å². The standard InChI is InChI=1S/C10H11NO3/c1-13-9-5-3-8(4-6-9)7-11-10(12)14-2/h3-7H,1-2H3. The summed E-state index contributed by atoms with van der Waals surface area (Å²) in [6.45, 7) is 0. The molecule has 0 heterocycles. The van der Waals surface area contributed by atoms with Crippen molar-refractivity contribution in [1.82, 2.24) is 0 Å². The van der Waals surface area contributed by atoms with Crippen LogP contribution in [0.3, 0.4) is 0 Å². The molecule has 14 heavy (non-hydrogen) atoms. The molecule has 1 rings (SSSR count). The third kappa shape index (κ3) is 2.90. The van der Waals surface area contributed by atoms with E-state index >= 15 is 0 Å². The molecule has 4 heteroatoms. The Kier molecular flexibility index (Phi) is 3.67. The van der Waals surface area contributed by atoms with Crippen molar-refractivity contribution < 1.29 is 14.3 Å². The molecule has 0 saturated carbocycles. The molecule has 4 nitrogen and oxygen atoms in total. The van der Waals surface area contributed by atoms with E-state index in [1.165, 1.54) is 13.3 Å². The topological polar surface area (TPSA) is 47.9 Å². The normalized spacial score (nSPS) is 10.1. The van der Waals surface area contributed by atoms with Gasteiger partial charge in [-0.3, -0.25) is 0 Å². The highest BCUT2D eigenvalue weighted by Gasteiger charge is 1.93. The highest BCUT2D eigenvalue weighted by Crippen LogP contribution is 2.09. The molecule has 0 N–H and O–H groups in total. The number of hydrogen-bond donors (Lipinski definition) is 0. The number of methoxy groups -OCH3 is 2. The zero-order chi connectivity index (χ0) is 10.4. The van der Waals surface area contributed by atoms with Crippen LogP contribution in [0, 0.1) is 0 Å². The van der Waals surface area contributed by atoms with Gasteiger partial charge in [-0.25, -0.2) is 4.79 Å². The molecule has 0 fully saturated rings. The first-order chi connectivity index (χ1) is 6.76. The van der Waals surface area contributed by atoms with Crippen LogP contribution < -0.4 is 4.74 Å². The highest BCUT2D eigenvalue weighted by atomic mass is 16.5. The van der Waals surface area contributed by atoms with E-state index in [0.29, 0.717) is 0 Å². The van der Waals surface area contributed by atoms with Crippen molar-refractivity contribution in [1.29, 1.82) is 0 Å². The maximum Gasteiger partial charge on any atom is 0.433 e. The minimum atomic E-state index is -0.610. The minimum Gasteiger partial charge on any atom is -0.497 e. The molecular formula is C10H11NO3. The van der Waals surface area contributed by atoms with Gasteiger partial charge < -0.3 is 9.47 Å². The summed E-state index contributed by atoms with van der Waals surface area (Å²) in [5, 5.41) is 0. The molecule has 0 radical (unpaired) electrons. The fourth-order valence-electron chi connectivity index (χ4n) is 0.870. The van der Waals surface area contributed by atoms with Crippen molar-refractivity contribution in [2.24, 2.45) is 4.99 Å². The van der Waals surface area contributed by atoms with Crippen LogP contribution in [0.25, 0.3) is 0 Å². The van der Waals surface area contributed by atoms with Crippen LogP contribution in [0.2, 0.25) is 0 Å². The maximum absolute atomic E-state index is 10.7. The van der Waals surface area contributed by atoms with Gasteiger partial charge in [0.15, 0.2) is 0 Å². The van der Waals surface area contributed by atoms with E-state index in [4.69, 9.17) is 4.74 Å². The smallest absolute Gasteiger partial charge is 0.433 e. The summed E-state index contributed by atoms with van der Waals surface area (Å²) < 4.78 is 9.34. The van der Waals surface area contributed by atoms with Crippen molar-refractivity contribution in [3.05, 3.63) is 29.8 Å². The quantitative estimate of drug-likeness (QED) is 0.674. The van der Waals surface area contributed by atoms with Gasteiger partial charge in [-0.05, 0) is 29.8 Å². The molecule has 0 aromatic heterocycles. The Hall–Kier alpha value is -1.84. The van der Waals surface area contributed by atoms with E-state index in [1.807, 2.05) is 0 Å². The Morgan fingerprint density at radius 3 is 2.43 bits per heavy atom. The first-order valence-corrected chi connectivity index (χ1v) is 4.02. The fraction of sp³-hybridized carbons (Fsp3) is 0.200. The molecule has 0 spiro atoms. The summed E-state index contributed by atoms with van der Waals surface area (Å²) in [5.74, 6) is 0.764. The second-order valence-corrected chi connectivity index (χ2v) is 2.50. The maximum atomic E-state index is 10.7. The monoisotopic (exact) mass is 193 g/mol. The highest BCUT2D eigenvalue weighted by molar-refractivity contribution is 5.88. The Labute approximate surface area is 82.2 Å². The Bertz CT molecular complexity index is 330. The number of benzene rings is 1. The van der Waals surface area contributed by atoms with E-state index in [9.17, 15) is 4.79 Å². The van der Waals surface area contributed by atoms with Gasteiger partial charge in [0.05, 0.1) is 14.2 Å². The van der Waals surface area contributed by atoms with Crippen molar-refractivity contribution in [3.8, 4) is 5.75 Å². The summed E-state index contributed by atoms with van der Waals surface area (Å²) >= 11 is 0. The number of aliphatic imine (C=N–C) groups is 1. The largest absolute Gasteiger partial charge is 0.497 e. The molecular weight excluding hydrogens is 182 g/mol. The summed E-state index contributed by atoms with van der Waals surface area (Å²) in [7, 11) is 2.88. The summed E-state index contributed by atoms with van der Waals surface area (Å²) in [4.78, 5) is 14.2. The molecule has 0 bridgehead atoms. The second kappa shape index (κ2) is 5.01. The average Bonchev–Trinajstić information content (AvgIpc) is 2.26. The number of hydrogen-bond acceptors (Lipinski definition) is 3. The van der Waals surface area contributed by atoms with Crippen LogP contribution in [0.4, 0.5) is 4.79 Å². The van der Waals surface area contributed by atoms with E-state index < -0.39 is 6.09 Å². The lowest BCUT2D eigenvalue weighted by Crippen LogP contribution is -1.93. The molecule has 74 valence electrons. The number of carbonyl (C=O) groups excluding carboxylic acids is 1. The molecule has 0 aliphatic rings. The SMILES string of the molecule is COC(=O)N=Cc1ccc(OC)cc1. The van der Waals surface area contributed by atoms with E-state index in [1.54, 1.807) is 31.4 Å². The van der Waals surface area contributed by atoms with E-state index in [-0.39, 0.29) is 0 Å². The van der Waals surface area contributed by atoms with Crippen LogP contribution >= 0.6 is 0 Å². The van der Waals surface area contributed by atoms with Crippen LogP contribution in [0.5, 0.6) is 5.75 Å². The first-order valence-electron chi connectivity index (χ1n) is 4.02. The Morgan fingerprint density at radius 1 is 1.29 bits per heavy atom. The molecule has 0 aliphatic heterocycles. The zero-order valence-electron chi connectivity index (χ0n) is 8.06. The second-order valence-electron chi connectivity index (χ2n) is 2.50. The summed E-state index contributed by atoms with van der Waals surface area (Å²) in [5.41, 5.74) is 0.816. The average molecular weight is 193 g/mol. The molecule has 0 unspecified atom stereocenters. The van der Waals surface area contributed by atoms with Gasteiger partial charge >= 0.3 is 6.09 Å². The van der Waals surface area contributed by atoms with Gasteiger partial charge in [0.1, 0.15) is 5.75 Å². The van der Waals surface area contributed by atoms with Crippen molar-refractivity contribution in [2.45, 2.75) is 0 Å². The molecule has 0 atom stereocenters. The third-order valence-corrected chi connectivity index (χ3v) is 1.61. The third-order valence-electron chi connectivity index (χ3n) is 1.61. The van der Waals surface area contributed by atoms with Gasteiger partial charge in [-0.2, -0.15) is 4.99 Å². The predicted octanol–water partition coefficient (Wildman–Crippen LogP) is 1.88. The number of ether oxygens (including phenoxy) is 2. The lowest BCUT2D eigenvalue weighted by Gasteiger charge is -1.98. The number of nitrogens with zero attached hydrogens (tertiary/aromatic N) is 1. The van der Waals surface area contributed by atoms with Gasteiger partial charge in [0, 0.05) is 6.21 Å². The first kappa shape index (κ1) is 10.2. The van der Waals surface area contributed by atoms with Crippen LogP contribution in [-0.4, -0.2) is 26.5 Å². The van der Waals surface area contributed by atoms with Crippen LogP contribution in [0.1, 0.15) is 5.56 Å². The van der Waals surface area contributed by atoms with Crippen LogP contribution in [-0.2, 0) is 4.74 Å². The molecule has 1 amide bonds. The van der Waals surface area contributed by atoms with Gasteiger partial charge in [0.2, 0.25) is 0 Å². The van der Waals surface area contributed by atoms with Gasteiger partial charge in [-0.15, -0.1) is 0 Å². The lowest BCUT2D eigenvalue weighted by molar-refractivity contribution is 0.183. The zero-order valence-corrected chi connectivity index (χ0v) is 8.06. The van der Waals surface area contributed by atoms with Gasteiger partial charge in [-0.1, -0.05) is 0 Å². The predicted molar refractivity (Wildman–Crippen MR) is 53.0 cm³/mol. The number of carbonyl (C=O) groups is 1. The molecule has 0 saturated heterocycles. The number of rotatable bonds is 2. The summed E-state index contributed by atoms with van der Waals surface area (Å²) in [6, 6.07) is 7.17. The van der Waals surface area contributed by atoms with Crippen molar-refractivity contribution in [2.75, 3.05) is 14.2 Å². The van der Waals surface area contributed by atoms with E-state index in [2.05, 4.69) is 9.73 Å². The molecule has 1 aromatic carbocycles. The summed E-state index contributed by atoms with van der Waals surface area (Å²) in [6.07, 6.45) is 0.825.